The molecule has 2 aromatic rings. The second kappa shape index (κ2) is 5.57. The number of thiophene rings is 1. The number of hydrogen-bond donors (Lipinski definition) is 3. The van der Waals surface area contributed by atoms with Crippen molar-refractivity contribution in [2.24, 2.45) is 0 Å². The Balaban J connectivity index is 2.00. The molecule has 9 heteroatoms. The van der Waals surface area contributed by atoms with Crippen molar-refractivity contribution in [3.05, 3.63) is 22.8 Å². The smallest absolute Gasteiger partial charge is 0.262 e. The lowest BCUT2D eigenvalue weighted by Crippen LogP contribution is -2.26. The highest BCUT2D eigenvalue weighted by Gasteiger charge is 2.16. The van der Waals surface area contributed by atoms with Gasteiger partial charge in [0, 0.05) is 6.92 Å². The van der Waals surface area contributed by atoms with Gasteiger partial charge in [-0.1, -0.05) is 5.21 Å². The van der Waals surface area contributed by atoms with Gasteiger partial charge in [0.25, 0.3) is 5.91 Å². The molecule has 1 atom stereocenters. The molecule has 0 aliphatic heterocycles. The topological polar surface area (TPSA) is 113 Å². The lowest BCUT2D eigenvalue weighted by atomic mass is 10.3. The van der Waals surface area contributed by atoms with Crippen molar-refractivity contribution in [3.8, 4) is 0 Å². The van der Waals surface area contributed by atoms with Gasteiger partial charge in [0.2, 0.25) is 5.91 Å². The monoisotopic (exact) mass is 280 g/mol. The Morgan fingerprint density at radius 2 is 2.21 bits per heavy atom. The van der Waals surface area contributed by atoms with E-state index in [9.17, 15) is 9.59 Å². The third-order valence-corrected chi connectivity index (χ3v) is 3.23. The standard InChI is InChI=1S/C10H12N6O2S/c1-5(9-13-15-16-14-9)11-10(18)7-3-4-8(19-7)12-6(2)17/h3-5H,1-2H3,(H,11,18)(H,12,17)(H,13,14,15,16). The van der Waals surface area contributed by atoms with Gasteiger partial charge in [-0.05, 0) is 19.1 Å². The Kier molecular flexibility index (Phi) is 3.85. The van der Waals surface area contributed by atoms with Gasteiger partial charge in [0.1, 0.15) is 0 Å². The van der Waals surface area contributed by atoms with Crippen LogP contribution < -0.4 is 10.6 Å². The molecule has 1 unspecified atom stereocenters. The Morgan fingerprint density at radius 1 is 1.42 bits per heavy atom. The van der Waals surface area contributed by atoms with E-state index in [1.54, 1.807) is 19.1 Å². The molecule has 2 heterocycles. The first-order valence-electron chi connectivity index (χ1n) is 5.48. The summed E-state index contributed by atoms with van der Waals surface area (Å²) in [6.45, 7) is 3.17. The van der Waals surface area contributed by atoms with Crippen molar-refractivity contribution < 1.29 is 9.59 Å². The molecular formula is C10H12N6O2S. The summed E-state index contributed by atoms with van der Waals surface area (Å²) in [5.74, 6) is -0.0140. The number of hydrogen-bond acceptors (Lipinski definition) is 6. The number of anilines is 1. The number of rotatable bonds is 4. The van der Waals surface area contributed by atoms with Gasteiger partial charge in [-0.15, -0.1) is 21.5 Å². The van der Waals surface area contributed by atoms with E-state index in [1.807, 2.05) is 0 Å². The lowest BCUT2D eigenvalue weighted by molar-refractivity contribution is -0.114. The van der Waals surface area contributed by atoms with Gasteiger partial charge >= 0.3 is 0 Å². The molecule has 2 aromatic heterocycles. The highest BCUT2D eigenvalue weighted by atomic mass is 32.1. The maximum Gasteiger partial charge on any atom is 0.262 e. The number of aromatic nitrogens is 4. The summed E-state index contributed by atoms with van der Waals surface area (Å²) in [5.41, 5.74) is 0. The van der Waals surface area contributed by atoms with E-state index in [-0.39, 0.29) is 17.9 Å². The normalized spacial score (nSPS) is 11.9. The molecule has 0 radical (unpaired) electrons. The molecule has 0 aliphatic rings. The quantitative estimate of drug-likeness (QED) is 0.763. The molecule has 2 rings (SSSR count). The average Bonchev–Trinajstić information content (AvgIpc) is 2.97. The van der Waals surface area contributed by atoms with Crippen LogP contribution in [0.1, 0.15) is 35.4 Å². The number of carbonyl (C=O) groups is 2. The second-order valence-electron chi connectivity index (χ2n) is 3.81. The molecule has 2 amide bonds. The average molecular weight is 280 g/mol. The van der Waals surface area contributed by atoms with Crippen LogP contribution in [0.2, 0.25) is 0 Å². The van der Waals surface area contributed by atoms with E-state index in [0.29, 0.717) is 15.7 Å². The number of amides is 2. The minimum absolute atomic E-state index is 0.172. The Hall–Kier alpha value is -2.29. The van der Waals surface area contributed by atoms with Crippen LogP contribution in [0, 0.1) is 0 Å². The van der Waals surface area contributed by atoms with Gasteiger partial charge in [-0.2, -0.15) is 5.21 Å². The van der Waals surface area contributed by atoms with Crippen LogP contribution in [0.15, 0.2) is 12.1 Å². The van der Waals surface area contributed by atoms with Crippen LogP contribution in [0.5, 0.6) is 0 Å². The zero-order valence-electron chi connectivity index (χ0n) is 10.3. The van der Waals surface area contributed by atoms with E-state index in [1.165, 1.54) is 18.3 Å². The molecule has 0 aliphatic carbocycles. The van der Waals surface area contributed by atoms with Crippen molar-refractivity contribution in [1.29, 1.82) is 0 Å². The summed E-state index contributed by atoms with van der Waals surface area (Å²) in [6, 6.07) is 2.98. The van der Waals surface area contributed by atoms with E-state index < -0.39 is 0 Å². The largest absolute Gasteiger partial charge is 0.341 e. The molecule has 0 saturated carbocycles. The minimum atomic E-state index is -0.349. The molecule has 0 fully saturated rings. The van der Waals surface area contributed by atoms with Gasteiger partial charge in [-0.25, -0.2) is 0 Å². The molecule has 19 heavy (non-hydrogen) atoms. The van der Waals surface area contributed by atoms with Gasteiger partial charge in [0.05, 0.1) is 15.9 Å². The Morgan fingerprint density at radius 3 is 2.84 bits per heavy atom. The summed E-state index contributed by atoms with van der Waals surface area (Å²) in [6.07, 6.45) is 0. The van der Waals surface area contributed by atoms with Crippen molar-refractivity contribution >= 4 is 28.2 Å². The third-order valence-electron chi connectivity index (χ3n) is 2.23. The fraction of sp³-hybridized carbons (Fsp3) is 0.300. The van der Waals surface area contributed by atoms with E-state index in [2.05, 4.69) is 31.3 Å². The van der Waals surface area contributed by atoms with Crippen molar-refractivity contribution in [2.45, 2.75) is 19.9 Å². The second-order valence-corrected chi connectivity index (χ2v) is 4.89. The van der Waals surface area contributed by atoms with Crippen LogP contribution >= 0.6 is 11.3 Å². The first kappa shape index (κ1) is 13.1. The molecular weight excluding hydrogens is 268 g/mol. The van der Waals surface area contributed by atoms with Crippen LogP contribution in [-0.2, 0) is 4.79 Å². The Bertz CT molecular complexity index is 579. The van der Waals surface area contributed by atoms with E-state index >= 15 is 0 Å². The number of tetrazole rings is 1. The van der Waals surface area contributed by atoms with Gasteiger partial charge in [-0.3, -0.25) is 9.59 Å². The summed E-state index contributed by atoms with van der Waals surface area (Å²) >= 11 is 1.20. The van der Waals surface area contributed by atoms with Crippen LogP contribution in [-0.4, -0.2) is 32.4 Å². The lowest BCUT2D eigenvalue weighted by Gasteiger charge is -2.08. The highest BCUT2D eigenvalue weighted by molar-refractivity contribution is 7.18. The molecule has 100 valence electrons. The number of nitrogens with one attached hydrogen (secondary N) is 3. The first-order chi connectivity index (χ1) is 9.06. The number of H-pyrrole nitrogens is 1. The van der Waals surface area contributed by atoms with Crippen molar-refractivity contribution in [3.63, 3.8) is 0 Å². The SMILES string of the molecule is CC(=O)Nc1ccc(C(=O)NC(C)c2nn[nH]n2)s1. The number of aromatic amines is 1. The van der Waals surface area contributed by atoms with Crippen molar-refractivity contribution in [1.82, 2.24) is 25.9 Å². The fourth-order valence-electron chi connectivity index (χ4n) is 1.39. The zero-order valence-corrected chi connectivity index (χ0v) is 11.1. The van der Waals surface area contributed by atoms with Gasteiger partial charge < -0.3 is 10.6 Å². The first-order valence-corrected chi connectivity index (χ1v) is 6.29. The van der Waals surface area contributed by atoms with Crippen LogP contribution in [0.25, 0.3) is 0 Å². The summed E-state index contributed by atoms with van der Waals surface area (Å²) in [5, 5.41) is 19.3. The molecule has 0 bridgehead atoms. The van der Waals surface area contributed by atoms with Gasteiger partial charge in [0.15, 0.2) is 5.82 Å². The number of carbonyl (C=O) groups excluding carboxylic acids is 2. The predicted octanol–water partition coefficient (Wildman–Crippen LogP) is 0.711. The Labute approximate surface area is 112 Å². The zero-order chi connectivity index (χ0) is 13.8. The van der Waals surface area contributed by atoms with E-state index in [4.69, 9.17) is 0 Å². The van der Waals surface area contributed by atoms with E-state index in [0.717, 1.165) is 0 Å². The maximum atomic E-state index is 11.9. The molecule has 0 aromatic carbocycles. The molecule has 3 N–H and O–H groups in total. The van der Waals surface area contributed by atoms with Crippen molar-refractivity contribution in [2.75, 3.05) is 5.32 Å². The molecule has 8 nitrogen and oxygen atoms in total. The fourth-order valence-corrected chi connectivity index (χ4v) is 2.24. The predicted molar refractivity (Wildman–Crippen MR) is 68.7 cm³/mol. The summed E-state index contributed by atoms with van der Waals surface area (Å²) < 4.78 is 0. The highest BCUT2D eigenvalue weighted by Crippen LogP contribution is 2.22. The molecule has 0 spiro atoms. The van der Waals surface area contributed by atoms with Crippen LogP contribution in [0.3, 0.4) is 0 Å². The minimum Gasteiger partial charge on any atom is -0.341 e. The van der Waals surface area contributed by atoms with Crippen LogP contribution in [0.4, 0.5) is 5.00 Å². The maximum absolute atomic E-state index is 11.9. The molecule has 0 saturated heterocycles. The third kappa shape index (κ3) is 3.35. The summed E-state index contributed by atoms with van der Waals surface area (Å²) in [7, 11) is 0. The summed E-state index contributed by atoms with van der Waals surface area (Å²) in [4.78, 5) is 23.3. The number of nitrogens with zero attached hydrogens (tertiary/aromatic N) is 3.